The highest BCUT2D eigenvalue weighted by Gasteiger charge is 2.17. The molecule has 0 saturated carbocycles. The number of nitrogens with zero attached hydrogens (tertiary/aromatic N) is 2. The molecule has 1 aliphatic heterocycles. The fourth-order valence-corrected chi connectivity index (χ4v) is 2.65. The number of rotatable bonds is 5. The Balaban J connectivity index is 1.38. The standard InChI is InChI=1S/C19H17N3O4/c23-18(20-14-7-8-15-16(12-14)25-11-10-24-15)19-22-21-17(26-19)9-6-13-4-2-1-3-5-13/h1-5,7-8,12H,6,9-11H2,(H,20,23). The lowest BCUT2D eigenvalue weighted by atomic mass is 10.1. The van der Waals surface area contributed by atoms with E-state index >= 15 is 0 Å². The van der Waals surface area contributed by atoms with Crippen LogP contribution in [0.2, 0.25) is 0 Å². The van der Waals surface area contributed by atoms with Gasteiger partial charge in [-0.05, 0) is 24.1 Å². The molecule has 0 radical (unpaired) electrons. The molecule has 2 aromatic carbocycles. The van der Waals surface area contributed by atoms with Crippen molar-refractivity contribution in [3.05, 3.63) is 65.9 Å². The molecule has 0 unspecified atom stereocenters. The molecule has 4 rings (SSSR count). The smallest absolute Gasteiger partial charge is 0.313 e. The molecule has 3 aromatic rings. The molecule has 0 bridgehead atoms. The van der Waals surface area contributed by atoms with Gasteiger partial charge in [-0.25, -0.2) is 0 Å². The molecule has 7 nitrogen and oxygen atoms in total. The van der Waals surface area contributed by atoms with Crippen LogP contribution >= 0.6 is 0 Å². The molecule has 1 aromatic heterocycles. The number of carbonyl (C=O) groups excluding carboxylic acids is 1. The third kappa shape index (κ3) is 3.66. The largest absolute Gasteiger partial charge is 0.486 e. The number of carbonyl (C=O) groups is 1. The van der Waals surface area contributed by atoms with Crippen LogP contribution in [0.5, 0.6) is 11.5 Å². The topological polar surface area (TPSA) is 86.5 Å². The van der Waals surface area contributed by atoms with Gasteiger partial charge in [0.15, 0.2) is 11.5 Å². The summed E-state index contributed by atoms with van der Waals surface area (Å²) in [4.78, 5) is 12.3. The Morgan fingerprint density at radius 2 is 1.77 bits per heavy atom. The molecule has 1 amide bonds. The van der Waals surface area contributed by atoms with Gasteiger partial charge in [0, 0.05) is 18.2 Å². The summed E-state index contributed by atoms with van der Waals surface area (Å²) in [5.41, 5.74) is 1.75. The van der Waals surface area contributed by atoms with Gasteiger partial charge in [0.25, 0.3) is 0 Å². The number of nitrogens with one attached hydrogen (secondary N) is 1. The van der Waals surface area contributed by atoms with Crippen LogP contribution in [0.4, 0.5) is 5.69 Å². The van der Waals surface area contributed by atoms with Gasteiger partial charge >= 0.3 is 11.8 Å². The Morgan fingerprint density at radius 3 is 2.62 bits per heavy atom. The summed E-state index contributed by atoms with van der Waals surface area (Å²) in [6.45, 7) is 1.01. The molecule has 132 valence electrons. The summed E-state index contributed by atoms with van der Waals surface area (Å²) in [5.74, 6) is 1.17. The second-order valence-electron chi connectivity index (χ2n) is 5.80. The fourth-order valence-electron chi connectivity index (χ4n) is 2.65. The van der Waals surface area contributed by atoms with Gasteiger partial charge in [-0.3, -0.25) is 4.79 Å². The highest BCUT2D eigenvalue weighted by atomic mass is 16.6. The lowest BCUT2D eigenvalue weighted by Crippen LogP contribution is -2.16. The molecule has 0 atom stereocenters. The molecule has 1 N–H and O–H groups in total. The average Bonchev–Trinajstić information content (AvgIpc) is 3.16. The van der Waals surface area contributed by atoms with E-state index in [9.17, 15) is 4.79 Å². The van der Waals surface area contributed by atoms with Gasteiger partial charge in [0.2, 0.25) is 5.89 Å². The minimum atomic E-state index is -0.458. The molecule has 0 spiro atoms. The molecule has 1 aliphatic rings. The van der Waals surface area contributed by atoms with Crippen LogP contribution in [-0.4, -0.2) is 29.3 Å². The van der Waals surface area contributed by atoms with E-state index < -0.39 is 5.91 Å². The minimum absolute atomic E-state index is 0.0667. The molecule has 0 fully saturated rings. The monoisotopic (exact) mass is 351 g/mol. The van der Waals surface area contributed by atoms with Crippen molar-refractivity contribution in [3.8, 4) is 11.5 Å². The Hall–Kier alpha value is -3.35. The average molecular weight is 351 g/mol. The van der Waals surface area contributed by atoms with Crippen LogP contribution in [-0.2, 0) is 12.8 Å². The van der Waals surface area contributed by atoms with Crippen molar-refractivity contribution in [2.24, 2.45) is 0 Å². The number of ether oxygens (including phenoxy) is 2. The molecule has 0 aliphatic carbocycles. The first-order valence-electron chi connectivity index (χ1n) is 8.35. The summed E-state index contributed by atoms with van der Waals surface area (Å²) in [7, 11) is 0. The Bertz CT molecular complexity index is 908. The van der Waals surface area contributed by atoms with E-state index in [0.717, 1.165) is 6.42 Å². The van der Waals surface area contributed by atoms with E-state index in [1.807, 2.05) is 30.3 Å². The Morgan fingerprint density at radius 1 is 0.962 bits per heavy atom. The number of benzene rings is 2. The van der Waals surface area contributed by atoms with Crippen molar-refractivity contribution in [2.75, 3.05) is 18.5 Å². The van der Waals surface area contributed by atoms with Crippen molar-refractivity contribution in [2.45, 2.75) is 12.8 Å². The molecular weight excluding hydrogens is 334 g/mol. The Labute approximate surface area is 150 Å². The molecule has 26 heavy (non-hydrogen) atoms. The second kappa shape index (κ2) is 7.26. The van der Waals surface area contributed by atoms with Crippen LogP contribution < -0.4 is 14.8 Å². The van der Waals surface area contributed by atoms with Crippen LogP contribution in [0.25, 0.3) is 0 Å². The molecule has 2 heterocycles. The zero-order chi connectivity index (χ0) is 17.8. The van der Waals surface area contributed by atoms with E-state index in [2.05, 4.69) is 15.5 Å². The van der Waals surface area contributed by atoms with Gasteiger partial charge in [0.05, 0.1) is 0 Å². The number of anilines is 1. The first-order chi connectivity index (χ1) is 12.8. The lowest BCUT2D eigenvalue weighted by Gasteiger charge is -2.18. The van der Waals surface area contributed by atoms with Crippen LogP contribution in [0, 0.1) is 0 Å². The van der Waals surface area contributed by atoms with Gasteiger partial charge in [-0.15, -0.1) is 10.2 Å². The first-order valence-corrected chi connectivity index (χ1v) is 8.35. The highest BCUT2D eigenvalue weighted by molar-refractivity contribution is 6.00. The normalized spacial score (nSPS) is 12.6. The number of fused-ring (bicyclic) bond motifs is 1. The molecular formula is C19H17N3O4. The van der Waals surface area contributed by atoms with Gasteiger partial charge in [0.1, 0.15) is 13.2 Å². The lowest BCUT2D eigenvalue weighted by molar-refractivity contribution is 0.0988. The summed E-state index contributed by atoms with van der Waals surface area (Å²) in [6.07, 6.45) is 1.35. The Kier molecular flexibility index (Phi) is 4.51. The van der Waals surface area contributed by atoms with E-state index in [-0.39, 0.29) is 5.89 Å². The quantitative estimate of drug-likeness (QED) is 0.761. The first kappa shape index (κ1) is 16.1. The molecule has 7 heteroatoms. The van der Waals surface area contributed by atoms with Crippen LogP contribution in [0.1, 0.15) is 22.1 Å². The van der Waals surface area contributed by atoms with Crippen LogP contribution in [0.15, 0.2) is 52.9 Å². The maximum Gasteiger partial charge on any atom is 0.313 e. The van der Waals surface area contributed by atoms with Gasteiger partial charge in [-0.2, -0.15) is 0 Å². The van der Waals surface area contributed by atoms with Gasteiger partial charge < -0.3 is 19.2 Å². The predicted molar refractivity (Wildman–Crippen MR) is 93.5 cm³/mol. The van der Waals surface area contributed by atoms with Crippen molar-refractivity contribution >= 4 is 11.6 Å². The number of aryl methyl sites for hydroxylation is 2. The van der Waals surface area contributed by atoms with Crippen molar-refractivity contribution < 1.29 is 18.7 Å². The SMILES string of the molecule is O=C(Nc1ccc2c(c1)OCCO2)c1nnc(CCc2ccccc2)o1. The summed E-state index contributed by atoms with van der Waals surface area (Å²) in [6, 6.07) is 15.2. The maximum atomic E-state index is 12.3. The van der Waals surface area contributed by atoms with E-state index in [0.29, 0.717) is 42.7 Å². The van der Waals surface area contributed by atoms with Crippen molar-refractivity contribution in [3.63, 3.8) is 0 Å². The fraction of sp³-hybridized carbons (Fsp3) is 0.211. The summed E-state index contributed by atoms with van der Waals surface area (Å²) >= 11 is 0. The number of hydrogen-bond acceptors (Lipinski definition) is 6. The minimum Gasteiger partial charge on any atom is -0.486 e. The zero-order valence-corrected chi connectivity index (χ0v) is 14.0. The van der Waals surface area contributed by atoms with E-state index in [1.165, 1.54) is 5.56 Å². The summed E-state index contributed by atoms with van der Waals surface area (Å²) in [5, 5.41) is 10.5. The third-order valence-corrected chi connectivity index (χ3v) is 3.93. The van der Waals surface area contributed by atoms with Crippen molar-refractivity contribution in [1.82, 2.24) is 10.2 Å². The zero-order valence-electron chi connectivity index (χ0n) is 14.0. The predicted octanol–water partition coefficient (Wildman–Crippen LogP) is 2.88. The second-order valence-corrected chi connectivity index (χ2v) is 5.80. The molecule has 0 saturated heterocycles. The van der Waals surface area contributed by atoms with Gasteiger partial charge in [-0.1, -0.05) is 30.3 Å². The van der Waals surface area contributed by atoms with Crippen LogP contribution in [0.3, 0.4) is 0 Å². The highest BCUT2D eigenvalue weighted by Crippen LogP contribution is 2.32. The summed E-state index contributed by atoms with van der Waals surface area (Å²) < 4.78 is 16.4. The van der Waals surface area contributed by atoms with E-state index in [4.69, 9.17) is 13.9 Å². The number of amides is 1. The van der Waals surface area contributed by atoms with Crippen molar-refractivity contribution in [1.29, 1.82) is 0 Å². The number of aromatic nitrogens is 2. The maximum absolute atomic E-state index is 12.3. The van der Waals surface area contributed by atoms with E-state index in [1.54, 1.807) is 18.2 Å². The number of hydrogen-bond donors (Lipinski definition) is 1. The third-order valence-electron chi connectivity index (χ3n) is 3.93.